The van der Waals surface area contributed by atoms with Crippen LogP contribution in [-0.2, 0) is 11.2 Å². The van der Waals surface area contributed by atoms with Crippen molar-refractivity contribution in [3.63, 3.8) is 0 Å². The molecule has 0 saturated carbocycles. The first-order chi connectivity index (χ1) is 11.1. The van der Waals surface area contributed by atoms with Crippen molar-refractivity contribution in [3.05, 3.63) is 23.3 Å². The van der Waals surface area contributed by atoms with Crippen molar-refractivity contribution in [3.8, 4) is 11.5 Å². The van der Waals surface area contributed by atoms with Crippen LogP contribution >= 0.6 is 0 Å². The molecule has 0 bridgehead atoms. The maximum absolute atomic E-state index is 6.19. The van der Waals surface area contributed by atoms with Crippen molar-refractivity contribution in [1.29, 1.82) is 0 Å². The normalized spacial score (nSPS) is 32.0. The number of methoxy groups -OCH3 is 2. The van der Waals surface area contributed by atoms with Crippen molar-refractivity contribution in [2.24, 2.45) is 5.92 Å². The highest BCUT2D eigenvalue weighted by molar-refractivity contribution is 5.50. The smallest absolute Gasteiger partial charge is 0.161 e. The third kappa shape index (κ3) is 2.43. The van der Waals surface area contributed by atoms with Crippen LogP contribution in [0.25, 0.3) is 0 Å². The standard InChI is InChI=1S/C19H27NO3/c1-12(2)10-19-11-20-6-5-13-7-16(21-3)17(22-4)8-14(13)15(20)9-18(19)23-19/h7-8,12,15,18H,5-6,9-11H2,1-4H3/t15-,18?,19?/m1/s1. The number of epoxide rings is 1. The minimum atomic E-state index is 0.138. The molecule has 1 aromatic rings. The Morgan fingerprint density at radius 3 is 2.70 bits per heavy atom. The van der Waals surface area contributed by atoms with Crippen LogP contribution in [0, 0.1) is 5.92 Å². The van der Waals surface area contributed by atoms with Gasteiger partial charge in [-0.2, -0.15) is 0 Å². The van der Waals surface area contributed by atoms with Gasteiger partial charge in [-0.15, -0.1) is 0 Å². The molecule has 2 fully saturated rings. The summed E-state index contributed by atoms with van der Waals surface area (Å²) in [5.41, 5.74) is 2.95. The highest BCUT2D eigenvalue weighted by atomic mass is 16.6. The van der Waals surface area contributed by atoms with Crippen LogP contribution in [0.5, 0.6) is 11.5 Å². The highest BCUT2D eigenvalue weighted by Crippen LogP contribution is 2.54. The molecule has 3 aliphatic heterocycles. The van der Waals surface area contributed by atoms with Crippen molar-refractivity contribution < 1.29 is 14.2 Å². The van der Waals surface area contributed by atoms with E-state index in [-0.39, 0.29) is 5.60 Å². The zero-order chi connectivity index (χ0) is 16.2. The van der Waals surface area contributed by atoms with Gasteiger partial charge in [0.25, 0.3) is 0 Å². The molecule has 0 aromatic heterocycles. The molecule has 126 valence electrons. The topological polar surface area (TPSA) is 34.2 Å². The van der Waals surface area contributed by atoms with E-state index in [9.17, 15) is 0 Å². The zero-order valence-electron chi connectivity index (χ0n) is 14.6. The predicted octanol–water partition coefficient (Wildman–Crippen LogP) is 3.19. The fourth-order valence-electron chi connectivity index (χ4n) is 4.68. The Balaban J connectivity index is 1.62. The van der Waals surface area contributed by atoms with E-state index in [4.69, 9.17) is 14.2 Å². The van der Waals surface area contributed by atoms with E-state index >= 15 is 0 Å². The Morgan fingerprint density at radius 1 is 1.26 bits per heavy atom. The number of benzene rings is 1. The van der Waals surface area contributed by atoms with Crippen LogP contribution in [0.4, 0.5) is 0 Å². The lowest BCUT2D eigenvalue weighted by molar-refractivity contribution is 0.112. The SMILES string of the molecule is COc1cc2c(cc1OC)[C@H]1CC3OC3(CC(C)C)CN1CC2. The Hall–Kier alpha value is -1.26. The van der Waals surface area contributed by atoms with Crippen molar-refractivity contribution in [2.75, 3.05) is 27.3 Å². The first-order valence-electron chi connectivity index (χ1n) is 8.73. The third-order valence-electron chi connectivity index (χ3n) is 5.68. The van der Waals surface area contributed by atoms with Gasteiger partial charge in [0, 0.05) is 19.1 Å². The van der Waals surface area contributed by atoms with Crippen LogP contribution in [0.3, 0.4) is 0 Å². The van der Waals surface area contributed by atoms with Crippen LogP contribution in [0.15, 0.2) is 12.1 Å². The van der Waals surface area contributed by atoms with Crippen molar-refractivity contribution in [2.45, 2.75) is 50.9 Å². The Kier molecular flexibility index (Phi) is 3.58. The van der Waals surface area contributed by atoms with Gasteiger partial charge in [0.2, 0.25) is 0 Å². The maximum Gasteiger partial charge on any atom is 0.161 e. The molecule has 0 aliphatic carbocycles. The second-order valence-corrected chi connectivity index (χ2v) is 7.65. The molecule has 3 atom stereocenters. The molecule has 1 aromatic carbocycles. The summed E-state index contributed by atoms with van der Waals surface area (Å²) in [5.74, 6) is 2.37. The third-order valence-corrected chi connectivity index (χ3v) is 5.68. The van der Waals surface area contributed by atoms with Gasteiger partial charge in [-0.05, 0) is 48.4 Å². The van der Waals surface area contributed by atoms with Crippen LogP contribution in [0.2, 0.25) is 0 Å². The lowest BCUT2D eigenvalue weighted by atomic mass is 9.81. The van der Waals surface area contributed by atoms with Crippen molar-refractivity contribution in [1.82, 2.24) is 4.90 Å². The fourth-order valence-corrected chi connectivity index (χ4v) is 4.68. The summed E-state index contributed by atoms with van der Waals surface area (Å²) >= 11 is 0. The Morgan fingerprint density at radius 2 is 2.00 bits per heavy atom. The van der Waals surface area contributed by atoms with Gasteiger partial charge >= 0.3 is 0 Å². The summed E-state index contributed by atoms with van der Waals surface area (Å²) in [6.45, 7) is 6.78. The van der Waals surface area contributed by atoms with Gasteiger partial charge < -0.3 is 14.2 Å². The highest BCUT2D eigenvalue weighted by Gasteiger charge is 2.61. The fraction of sp³-hybridized carbons (Fsp3) is 0.684. The monoisotopic (exact) mass is 317 g/mol. The summed E-state index contributed by atoms with van der Waals surface area (Å²) in [4.78, 5) is 2.63. The van der Waals surface area contributed by atoms with E-state index in [2.05, 4.69) is 30.9 Å². The molecule has 0 spiro atoms. The van der Waals surface area contributed by atoms with Gasteiger partial charge in [-0.3, -0.25) is 4.90 Å². The van der Waals surface area contributed by atoms with Crippen LogP contribution in [0.1, 0.15) is 43.9 Å². The average molecular weight is 317 g/mol. The second kappa shape index (κ2) is 5.38. The van der Waals surface area contributed by atoms with Crippen LogP contribution < -0.4 is 9.47 Å². The zero-order valence-corrected chi connectivity index (χ0v) is 14.6. The maximum atomic E-state index is 6.19. The molecule has 2 saturated heterocycles. The van der Waals surface area contributed by atoms with Crippen molar-refractivity contribution >= 4 is 0 Å². The number of rotatable bonds is 4. The molecule has 4 rings (SSSR count). The summed E-state index contributed by atoms with van der Waals surface area (Å²) in [5, 5.41) is 0. The second-order valence-electron chi connectivity index (χ2n) is 7.65. The molecule has 0 N–H and O–H groups in total. The van der Waals surface area contributed by atoms with Gasteiger partial charge in [-0.25, -0.2) is 0 Å². The molecule has 4 nitrogen and oxygen atoms in total. The minimum absolute atomic E-state index is 0.138. The number of nitrogens with zero attached hydrogens (tertiary/aromatic N) is 1. The van der Waals surface area contributed by atoms with Gasteiger partial charge in [0.1, 0.15) is 5.60 Å². The lowest BCUT2D eigenvalue weighted by Crippen LogP contribution is -2.47. The quantitative estimate of drug-likeness (QED) is 0.799. The number of piperidine rings is 1. The molecular weight excluding hydrogens is 290 g/mol. The molecular formula is C19H27NO3. The number of hydrogen-bond donors (Lipinski definition) is 0. The number of ether oxygens (including phenoxy) is 3. The predicted molar refractivity (Wildman–Crippen MR) is 89.2 cm³/mol. The average Bonchev–Trinajstić information content (AvgIpc) is 3.22. The van der Waals surface area contributed by atoms with E-state index in [1.165, 1.54) is 17.5 Å². The molecule has 0 radical (unpaired) electrons. The molecule has 3 heterocycles. The van der Waals surface area contributed by atoms with Gasteiger partial charge in [0.05, 0.1) is 20.3 Å². The van der Waals surface area contributed by atoms with Gasteiger partial charge in [0.15, 0.2) is 11.5 Å². The molecule has 3 aliphatic rings. The van der Waals surface area contributed by atoms with Gasteiger partial charge in [-0.1, -0.05) is 13.8 Å². The van der Waals surface area contributed by atoms with E-state index in [0.29, 0.717) is 18.1 Å². The Labute approximate surface area is 138 Å². The number of hydrogen-bond acceptors (Lipinski definition) is 4. The first kappa shape index (κ1) is 15.3. The van der Waals surface area contributed by atoms with E-state index in [0.717, 1.165) is 37.4 Å². The van der Waals surface area contributed by atoms with Crippen LogP contribution in [-0.4, -0.2) is 43.9 Å². The van der Waals surface area contributed by atoms with E-state index in [1.54, 1.807) is 14.2 Å². The summed E-state index contributed by atoms with van der Waals surface area (Å²) in [7, 11) is 3.42. The summed E-state index contributed by atoms with van der Waals surface area (Å²) in [6.07, 6.45) is 3.80. The molecule has 23 heavy (non-hydrogen) atoms. The van der Waals surface area contributed by atoms with E-state index < -0.39 is 0 Å². The molecule has 4 heteroatoms. The first-order valence-corrected chi connectivity index (χ1v) is 8.73. The summed E-state index contributed by atoms with van der Waals surface area (Å²) < 4.78 is 17.2. The minimum Gasteiger partial charge on any atom is -0.493 e. The molecule has 0 amide bonds. The molecule has 2 unspecified atom stereocenters. The summed E-state index contributed by atoms with van der Waals surface area (Å²) in [6, 6.07) is 4.81. The lowest BCUT2D eigenvalue weighted by Gasteiger charge is -2.42. The Bertz CT molecular complexity index is 615. The van der Waals surface area contributed by atoms with E-state index in [1.807, 2.05) is 0 Å². The largest absolute Gasteiger partial charge is 0.493 e. The number of fused-ring (bicyclic) bond motifs is 4.